The molecule has 0 spiro atoms. The zero-order valence-corrected chi connectivity index (χ0v) is 51.1. The van der Waals surface area contributed by atoms with Crippen molar-refractivity contribution >= 4 is 17.9 Å². The molecule has 0 saturated heterocycles. The minimum Gasteiger partial charge on any atom is -0.462 e. The lowest BCUT2D eigenvalue weighted by atomic mass is 10.0. The Hall–Kier alpha value is -4.71. The van der Waals surface area contributed by atoms with Gasteiger partial charge in [0.1, 0.15) is 13.2 Å². The van der Waals surface area contributed by atoms with Crippen molar-refractivity contribution in [3.63, 3.8) is 0 Å². The van der Waals surface area contributed by atoms with E-state index in [0.717, 1.165) is 122 Å². The average Bonchev–Trinajstić information content (AvgIpc) is 3.45. The topological polar surface area (TPSA) is 78.9 Å². The van der Waals surface area contributed by atoms with E-state index in [0.29, 0.717) is 19.3 Å². The van der Waals surface area contributed by atoms with Crippen LogP contribution in [0.3, 0.4) is 0 Å². The van der Waals surface area contributed by atoms with Gasteiger partial charge in [0.15, 0.2) is 6.10 Å². The third-order valence-corrected chi connectivity index (χ3v) is 13.3. The van der Waals surface area contributed by atoms with Gasteiger partial charge in [0.05, 0.1) is 0 Å². The maximum atomic E-state index is 12.8. The third kappa shape index (κ3) is 64.0. The standard InChI is InChI=1S/C73H118O6/c1-4-7-10-13-16-18-20-22-24-26-28-30-32-33-34-35-36-37-38-39-41-42-44-46-48-50-52-54-57-60-63-66-72(75)78-69-70(68-77-71(74)65-62-59-56-15-12-9-6-3)79-73(76)67-64-61-58-55-53-51-49-47-45-43-40-31-29-27-25-23-21-19-17-14-11-8-5-2/h7-8,10-11,16-19,22-25,28-31,33-34,43,45,49,51,55,58,70H,4-6,9,12-15,20-21,26-27,32,35-42,44,46-48,50,52-54,56-57,59-69H2,1-3H3/b10-7-,11-8-,18-16-,19-17-,24-22-,25-23-,30-28-,31-29-,34-33-,45-43-,51-49-,58-55-. The zero-order valence-electron chi connectivity index (χ0n) is 51.1. The highest BCUT2D eigenvalue weighted by Crippen LogP contribution is 2.16. The molecule has 0 saturated carbocycles. The van der Waals surface area contributed by atoms with Gasteiger partial charge in [-0.05, 0) is 116 Å². The van der Waals surface area contributed by atoms with Crippen molar-refractivity contribution in [1.29, 1.82) is 0 Å². The van der Waals surface area contributed by atoms with Gasteiger partial charge in [0.25, 0.3) is 0 Å². The van der Waals surface area contributed by atoms with Crippen LogP contribution in [-0.2, 0) is 28.6 Å². The van der Waals surface area contributed by atoms with Gasteiger partial charge in [-0.25, -0.2) is 0 Å². The SMILES string of the molecule is CC/C=C\C/C=C\C/C=C\C/C=C\C/C=C\C/C=C\C/C=C\CCCC(=O)OC(COC(=O)CCCCCCCCC)COC(=O)CCCCCCCCCCCCCCCCC/C=C\C/C=C\C/C=C\C/C=C\C/C=C\CC. The van der Waals surface area contributed by atoms with Crippen molar-refractivity contribution in [1.82, 2.24) is 0 Å². The molecule has 0 aliphatic carbocycles. The molecule has 6 heteroatoms. The van der Waals surface area contributed by atoms with Gasteiger partial charge in [0, 0.05) is 19.3 Å². The number of carbonyl (C=O) groups is 3. The van der Waals surface area contributed by atoms with Gasteiger partial charge >= 0.3 is 17.9 Å². The minimum atomic E-state index is -0.811. The molecular formula is C73H118O6. The predicted octanol–water partition coefficient (Wildman–Crippen LogP) is 22.3. The summed E-state index contributed by atoms with van der Waals surface area (Å²) in [4.78, 5) is 38.1. The molecule has 0 aromatic heterocycles. The Kier molecular flexibility index (Phi) is 61.9. The Morgan fingerprint density at radius 3 is 0.810 bits per heavy atom. The summed E-state index contributed by atoms with van der Waals surface area (Å²) >= 11 is 0. The zero-order chi connectivity index (χ0) is 57.1. The molecule has 0 bridgehead atoms. The summed E-state index contributed by atoms with van der Waals surface area (Å²) in [7, 11) is 0. The lowest BCUT2D eigenvalue weighted by molar-refractivity contribution is -0.167. The summed E-state index contributed by atoms with van der Waals surface area (Å²) in [5.74, 6) is -0.970. The number of esters is 3. The summed E-state index contributed by atoms with van der Waals surface area (Å²) in [6.45, 7) is 6.32. The van der Waals surface area contributed by atoms with E-state index in [1.54, 1.807) is 0 Å². The fraction of sp³-hybridized carbons (Fsp3) is 0.630. The molecule has 0 aromatic carbocycles. The number of unbranched alkanes of at least 4 members (excludes halogenated alkanes) is 22. The number of hydrogen-bond donors (Lipinski definition) is 0. The van der Waals surface area contributed by atoms with Crippen LogP contribution in [-0.4, -0.2) is 37.2 Å². The van der Waals surface area contributed by atoms with E-state index in [-0.39, 0.29) is 37.5 Å². The molecule has 0 radical (unpaired) electrons. The maximum Gasteiger partial charge on any atom is 0.306 e. The Morgan fingerprint density at radius 2 is 0.506 bits per heavy atom. The normalized spacial score (nSPS) is 13.1. The highest BCUT2D eigenvalue weighted by atomic mass is 16.6. The van der Waals surface area contributed by atoms with Crippen molar-refractivity contribution in [3.05, 3.63) is 146 Å². The summed E-state index contributed by atoms with van der Waals surface area (Å²) < 4.78 is 16.8. The number of rotatable bonds is 57. The molecule has 0 aliphatic rings. The second-order valence-electron chi connectivity index (χ2n) is 20.9. The first kappa shape index (κ1) is 74.3. The van der Waals surface area contributed by atoms with Crippen LogP contribution in [0.25, 0.3) is 0 Å². The molecule has 0 N–H and O–H groups in total. The molecule has 0 aromatic rings. The Bertz CT molecular complexity index is 1730. The van der Waals surface area contributed by atoms with Crippen LogP contribution < -0.4 is 0 Å². The highest BCUT2D eigenvalue weighted by Gasteiger charge is 2.19. The minimum absolute atomic E-state index is 0.103. The van der Waals surface area contributed by atoms with E-state index in [1.165, 1.54) is 109 Å². The molecule has 0 amide bonds. The lowest BCUT2D eigenvalue weighted by Crippen LogP contribution is -2.30. The van der Waals surface area contributed by atoms with Crippen LogP contribution in [0, 0.1) is 0 Å². The van der Waals surface area contributed by atoms with Crippen molar-refractivity contribution in [2.24, 2.45) is 0 Å². The Balaban J connectivity index is 4.19. The van der Waals surface area contributed by atoms with E-state index < -0.39 is 6.10 Å². The Labute approximate surface area is 487 Å². The fourth-order valence-corrected chi connectivity index (χ4v) is 8.58. The summed E-state index contributed by atoms with van der Waals surface area (Å²) in [6, 6.07) is 0. The van der Waals surface area contributed by atoms with E-state index in [1.807, 2.05) is 0 Å². The lowest BCUT2D eigenvalue weighted by Gasteiger charge is -2.18. The molecule has 446 valence electrons. The fourth-order valence-electron chi connectivity index (χ4n) is 8.58. The van der Waals surface area contributed by atoms with Crippen LogP contribution in [0.2, 0.25) is 0 Å². The first-order valence-electron chi connectivity index (χ1n) is 32.3. The predicted molar refractivity (Wildman–Crippen MR) is 343 cm³/mol. The van der Waals surface area contributed by atoms with E-state index in [2.05, 4.69) is 167 Å². The van der Waals surface area contributed by atoms with Crippen LogP contribution >= 0.6 is 0 Å². The molecule has 1 atom stereocenters. The van der Waals surface area contributed by atoms with Crippen molar-refractivity contribution in [3.8, 4) is 0 Å². The van der Waals surface area contributed by atoms with Crippen LogP contribution in [0.4, 0.5) is 0 Å². The highest BCUT2D eigenvalue weighted by molar-refractivity contribution is 5.71. The molecule has 0 aliphatic heterocycles. The average molecular weight is 1090 g/mol. The Morgan fingerprint density at radius 1 is 0.266 bits per heavy atom. The van der Waals surface area contributed by atoms with Gasteiger partial charge in [-0.3, -0.25) is 14.4 Å². The summed E-state index contributed by atoms with van der Waals surface area (Å²) in [5, 5.41) is 0. The van der Waals surface area contributed by atoms with Crippen LogP contribution in [0.1, 0.15) is 278 Å². The third-order valence-electron chi connectivity index (χ3n) is 13.3. The number of ether oxygens (including phenoxy) is 3. The monoisotopic (exact) mass is 1090 g/mol. The molecule has 0 fully saturated rings. The number of allylic oxidation sites excluding steroid dienone is 24. The van der Waals surface area contributed by atoms with Gasteiger partial charge in [0.2, 0.25) is 0 Å². The second-order valence-corrected chi connectivity index (χ2v) is 20.9. The van der Waals surface area contributed by atoms with Crippen LogP contribution in [0.15, 0.2) is 146 Å². The smallest absolute Gasteiger partial charge is 0.306 e. The van der Waals surface area contributed by atoms with Crippen molar-refractivity contribution < 1.29 is 28.6 Å². The van der Waals surface area contributed by atoms with Crippen molar-refractivity contribution in [2.75, 3.05) is 13.2 Å². The maximum absolute atomic E-state index is 12.8. The first-order chi connectivity index (χ1) is 39.0. The van der Waals surface area contributed by atoms with Gasteiger partial charge in [-0.2, -0.15) is 0 Å². The quantitative estimate of drug-likeness (QED) is 0.0261. The summed E-state index contributed by atoms with van der Waals surface area (Å²) in [5.41, 5.74) is 0. The number of hydrogen-bond acceptors (Lipinski definition) is 6. The largest absolute Gasteiger partial charge is 0.462 e. The molecule has 0 heterocycles. The molecule has 0 rings (SSSR count). The summed E-state index contributed by atoms with van der Waals surface area (Å²) in [6.07, 6.45) is 94.6. The molecule has 1 unspecified atom stereocenters. The first-order valence-corrected chi connectivity index (χ1v) is 32.3. The van der Waals surface area contributed by atoms with E-state index in [4.69, 9.17) is 14.2 Å². The molecule has 79 heavy (non-hydrogen) atoms. The van der Waals surface area contributed by atoms with Crippen molar-refractivity contribution in [2.45, 2.75) is 284 Å². The van der Waals surface area contributed by atoms with Gasteiger partial charge in [-0.1, -0.05) is 289 Å². The number of carbonyl (C=O) groups excluding carboxylic acids is 3. The molecular weight excluding hydrogens is 973 g/mol. The molecule has 6 nitrogen and oxygen atoms in total. The van der Waals surface area contributed by atoms with Gasteiger partial charge < -0.3 is 14.2 Å². The van der Waals surface area contributed by atoms with Crippen LogP contribution in [0.5, 0.6) is 0 Å². The second kappa shape index (κ2) is 65.8. The van der Waals surface area contributed by atoms with E-state index >= 15 is 0 Å². The van der Waals surface area contributed by atoms with Gasteiger partial charge in [-0.15, -0.1) is 0 Å². The van der Waals surface area contributed by atoms with E-state index in [9.17, 15) is 14.4 Å².